The van der Waals surface area contributed by atoms with Crippen LogP contribution in [0, 0.1) is 0 Å². The van der Waals surface area contributed by atoms with Gasteiger partial charge in [0.05, 0.1) is 19.0 Å². The molecule has 0 aliphatic rings. The van der Waals surface area contributed by atoms with Crippen LogP contribution in [0.15, 0.2) is 48.8 Å². The molecule has 0 amide bonds. The standard InChI is InChI=1S/C15H18N2O/c1-12(2)17(14-5-4-10-16-11-14)13-6-8-15(18-3)9-7-13/h4-12H,1-3H3. The Kier molecular flexibility index (Phi) is 3.82. The van der Waals surface area contributed by atoms with Crippen LogP contribution < -0.4 is 9.64 Å². The van der Waals surface area contributed by atoms with Crippen LogP contribution in [-0.2, 0) is 0 Å². The van der Waals surface area contributed by atoms with Crippen LogP contribution in [0.25, 0.3) is 0 Å². The van der Waals surface area contributed by atoms with Crippen molar-refractivity contribution in [1.29, 1.82) is 0 Å². The van der Waals surface area contributed by atoms with Crippen molar-refractivity contribution >= 4 is 11.4 Å². The Hall–Kier alpha value is -2.03. The molecule has 0 atom stereocenters. The molecule has 0 spiro atoms. The fourth-order valence-corrected chi connectivity index (χ4v) is 1.98. The Bertz CT molecular complexity index is 480. The third-order valence-corrected chi connectivity index (χ3v) is 2.79. The lowest BCUT2D eigenvalue weighted by Crippen LogP contribution is -2.25. The highest BCUT2D eigenvalue weighted by atomic mass is 16.5. The van der Waals surface area contributed by atoms with Gasteiger partial charge in [0.25, 0.3) is 0 Å². The molecule has 3 nitrogen and oxygen atoms in total. The van der Waals surface area contributed by atoms with Gasteiger partial charge < -0.3 is 9.64 Å². The summed E-state index contributed by atoms with van der Waals surface area (Å²) in [7, 11) is 1.68. The summed E-state index contributed by atoms with van der Waals surface area (Å²) in [4.78, 5) is 6.42. The number of aromatic nitrogens is 1. The summed E-state index contributed by atoms with van der Waals surface area (Å²) in [5, 5.41) is 0. The topological polar surface area (TPSA) is 25.4 Å². The van der Waals surface area contributed by atoms with E-state index in [0.29, 0.717) is 6.04 Å². The Morgan fingerprint density at radius 2 is 1.78 bits per heavy atom. The number of hydrogen-bond donors (Lipinski definition) is 0. The van der Waals surface area contributed by atoms with Crippen molar-refractivity contribution in [3.8, 4) is 5.75 Å². The molecule has 0 radical (unpaired) electrons. The molecule has 1 heterocycles. The molecule has 2 rings (SSSR count). The van der Waals surface area contributed by atoms with Crippen LogP contribution in [-0.4, -0.2) is 18.1 Å². The first-order valence-corrected chi connectivity index (χ1v) is 6.05. The van der Waals surface area contributed by atoms with Gasteiger partial charge in [-0.15, -0.1) is 0 Å². The summed E-state index contributed by atoms with van der Waals surface area (Å²) in [5.41, 5.74) is 2.23. The zero-order valence-corrected chi connectivity index (χ0v) is 11.0. The van der Waals surface area contributed by atoms with Gasteiger partial charge in [-0.1, -0.05) is 0 Å². The largest absolute Gasteiger partial charge is 0.497 e. The summed E-state index contributed by atoms with van der Waals surface area (Å²) in [5.74, 6) is 0.869. The van der Waals surface area contributed by atoms with Gasteiger partial charge in [0.1, 0.15) is 5.75 Å². The lowest BCUT2D eigenvalue weighted by atomic mass is 10.2. The van der Waals surface area contributed by atoms with Gasteiger partial charge in [0, 0.05) is 17.9 Å². The van der Waals surface area contributed by atoms with Crippen LogP contribution in [0.3, 0.4) is 0 Å². The highest BCUT2D eigenvalue weighted by Crippen LogP contribution is 2.28. The summed E-state index contributed by atoms with van der Waals surface area (Å²) >= 11 is 0. The second-order valence-electron chi connectivity index (χ2n) is 4.37. The van der Waals surface area contributed by atoms with E-state index in [1.807, 2.05) is 24.4 Å². The molecule has 1 aromatic heterocycles. The van der Waals surface area contributed by atoms with Crippen LogP contribution in [0.2, 0.25) is 0 Å². The third-order valence-electron chi connectivity index (χ3n) is 2.79. The quantitative estimate of drug-likeness (QED) is 0.818. The van der Waals surface area contributed by atoms with Crippen LogP contribution >= 0.6 is 0 Å². The first-order valence-electron chi connectivity index (χ1n) is 6.05. The lowest BCUT2D eigenvalue weighted by molar-refractivity contribution is 0.415. The van der Waals surface area contributed by atoms with Crippen LogP contribution in [0.5, 0.6) is 5.75 Å². The molecule has 2 aromatic rings. The van der Waals surface area contributed by atoms with E-state index < -0.39 is 0 Å². The van der Waals surface area contributed by atoms with Crippen molar-refractivity contribution in [3.05, 3.63) is 48.8 Å². The average molecular weight is 242 g/mol. The summed E-state index contributed by atoms with van der Waals surface area (Å²) in [6, 6.07) is 12.5. The van der Waals surface area contributed by atoms with E-state index in [1.54, 1.807) is 13.3 Å². The van der Waals surface area contributed by atoms with Gasteiger partial charge in [-0.3, -0.25) is 4.98 Å². The Morgan fingerprint density at radius 3 is 2.28 bits per heavy atom. The predicted molar refractivity (Wildman–Crippen MR) is 74.5 cm³/mol. The fraction of sp³-hybridized carbons (Fsp3) is 0.267. The lowest BCUT2D eigenvalue weighted by Gasteiger charge is -2.28. The number of hydrogen-bond acceptors (Lipinski definition) is 3. The molecule has 1 aromatic carbocycles. The van der Waals surface area contributed by atoms with E-state index in [9.17, 15) is 0 Å². The molecule has 0 aliphatic heterocycles. The SMILES string of the molecule is COc1ccc(N(c2cccnc2)C(C)C)cc1. The number of pyridine rings is 1. The number of methoxy groups -OCH3 is 1. The van der Waals surface area contributed by atoms with Crippen molar-refractivity contribution in [2.45, 2.75) is 19.9 Å². The van der Waals surface area contributed by atoms with Crippen molar-refractivity contribution < 1.29 is 4.74 Å². The molecule has 3 heteroatoms. The van der Waals surface area contributed by atoms with E-state index in [-0.39, 0.29) is 0 Å². The third kappa shape index (κ3) is 2.62. The molecule has 0 unspecified atom stereocenters. The number of ether oxygens (including phenoxy) is 1. The van der Waals surface area contributed by atoms with E-state index in [2.05, 4.69) is 41.9 Å². The van der Waals surface area contributed by atoms with Crippen LogP contribution in [0.4, 0.5) is 11.4 Å². The molecular weight excluding hydrogens is 224 g/mol. The predicted octanol–water partition coefficient (Wildman–Crippen LogP) is 3.64. The van der Waals surface area contributed by atoms with Gasteiger partial charge in [0.15, 0.2) is 0 Å². The molecule has 0 bridgehead atoms. The van der Waals surface area contributed by atoms with Crippen LogP contribution in [0.1, 0.15) is 13.8 Å². The van der Waals surface area contributed by atoms with Gasteiger partial charge in [0.2, 0.25) is 0 Å². The Morgan fingerprint density at radius 1 is 1.06 bits per heavy atom. The van der Waals surface area contributed by atoms with Gasteiger partial charge in [-0.2, -0.15) is 0 Å². The summed E-state index contributed by atoms with van der Waals surface area (Å²) in [6.07, 6.45) is 3.67. The van der Waals surface area contributed by atoms with Gasteiger partial charge >= 0.3 is 0 Å². The maximum Gasteiger partial charge on any atom is 0.119 e. The average Bonchev–Trinajstić information content (AvgIpc) is 2.40. The van der Waals surface area contributed by atoms with Crippen molar-refractivity contribution in [3.63, 3.8) is 0 Å². The maximum atomic E-state index is 5.18. The zero-order valence-electron chi connectivity index (χ0n) is 11.0. The fourth-order valence-electron chi connectivity index (χ4n) is 1.98. The highest BCUT2D eigenvalue weighted by molar-refractivity contribution is 5.63. The molecule has 94 valence electrons. The molecule has 0 saturated carbocycles. The normalized spacial score (nSPS) is 10.4. The van der Waals surface area contributed by atoms with Crippen molar-refractivity contribution in [1.82, 2.24) is 4.98 Å². The van der Waals surface area contributed by atoms with E-state index >= 15 is 0 Å². The highest BCUT2D eigenvalue weighted by Gasteiger charge is 2.12. The molecule has 0 fully saturated rings. The minimum atomic E-state index is 0.364. The first-order chi connectivity index (χ1) is 8.72. The second-order valence-corrected chi connectivity index (χ2v) is 4.37. The summed E-state index contributed by atoms with van der Waals surface area (Å²) < 4.78 is 5.18. The molecule has 0 saturated heterocycles. The summed E-state index contributed by atoms with van der Waals surface area (Å²) in [6.45, 7) is 4.33. The van der Waals surface area contributed by atoms with Crippen molar-refractivity contribution in [2.75, 3.05) is 12.0 Å². The monoisotopic (exact) mass is 242 g/mol. The number of nitrogens with zero attached hydrogens (tertiary/aromatic N) is 2. The minimum Gasteiger partial charge on any atom is -0.497 e. The minimum absolute atomic E-state index is 0.364. The Labute approximate surface area is 108 Å². The second kappa shape index (κ2) is 5.54. The molecule has 0 N–H and O–H groups in total. The zero-order chi connectivity index (χ0) is 13.0. The molecule has 0 aliphatic carbocycles. The number of rotatable bonds is 4. The molecule has 18 heavy (non-hydrogen) atoms. The van der Waals surface area contributed by atoms with Crippen molar-refractivity contribution in [2.24, 2.45) is 0 Å². The first kappa shape index (κ1) is 12.4. The Balaban J connectivity index is 2.36. The maximum absolute atomic E-state index is 5.18. The van der Waals surface area contributed by atoms with E-state index in [1.165, 1.54) is 0 Å². The number of benzene rings is 1. The molecular formula is C15H18N2O. The van der Waals surface area contributed by atoms with Gasteiger partial charge in [-0.05, 0) is 50.2 Å². The van der Waals surface area contributed by atoms with E-state index in [0.717, 1.165) is 17.1 Å². The smallest absolute Gasteiger partial charge is 0.119 e. The van der Waals surface area contributed by atoms with Gasteiger partial charge in [-0.25, -0.2) is 0 Å². The number of anilines is 2. The van der Waals surface area contributed by atoms with E-state index in [4.69, 9.17) is 4.74 Å².